The Balaban J connectivity index is 1.44. The van der Waals surface area contributed by atoms with Gasteiger partial charge >= 0.3 is 0 Å². The molecule has 0 radical (unpaired) electrons. The number of rotatable bonds is 6. The minimum atomic E-state index is -0.147. The number of nitrogens with one attached hydrogen (secondary N) is 1. The maximum Gasteiger partial charge on any atom is 0.261 e. The van der Waals surface area contributed by atoms with Crippen molar-refractivity contribution in [3.8, 4) is 27.9 Å². The zero-order chi connectivity index (χ0) is 19.3. The lowest BCUT2D eigenvalue weighted by Gasteiger charge is -2.05. The van der Waals surface area contributed by atoms with Crippen molar-refractivity contribution >= 4 is 17.2 Å². The van der Waals surface area contributed by atoms with Crippen LogP contribution >= 0.6 is 11.3 Å². The Labute approximate surface area is 165 Å². The third-order valence-corrected chi connectivity index (χ3v) is 5.16. The number of nitrogens with zero attached hydrogens (tertiary/aromatic N) is 2. The highest BCUT2D eigenvalue weighted by molar-refractivity contribution is 7.17. The summed E-state index contributed by atoms with van der Waals surface area (Å²) in [6, 6.07) is 20.7. The van der Waals surface area contributed by atoms with E-state index in [1.807, 2.05) is 60.7 Å². The van der Waals surface area contributed by atoms with Crippen LogP contribution in [0.4, 0.5) is 0 Å². The van der Waals surface area contributed by atoms with Gasteiger partial charge in [0.15, 0.2) is 0 Å². The van der Waals surface area contributed by atoms with E-state index >= 15 is 0 Å². The number of aromatic nitrogens is 2. The van der Waals surface area contributed by atoms with Crippen LogP contribution in [0.5, 0.6) is 5.75 Å². The molecule has 2 aromatic heterocycles. The molecule has 0 spiro atoms. The van der Waals surface area contributed by atoms with Crippen molar-refractivity contribution in [1.82, 2.24) is 15.5 Å². The lowest BCUT2D eigenvalue weighted by molar-refractivity contribution is 0.0955. The predicted molar refractivity (Wildman–Crippen MR) is 107 cm³/mol. The fraction of sp³-hybridized carbons (Fsp3) is 0.0952. The van der Waals surface area contributed by atoms with Crippen LogP contribution < -0.4 is 10.1 Å². The molecule has 0 saturated heterocycles. The van der Waals surface area contributed by atoms with Crippen molar-refractivity contribution in [2.45, 2.75) is 6.54 Å². The van der Waals surface area contributed by atoms with E-state index in [2.05, 4.69) is 15.5 Å². The van der Waals surface area contributed by atoms with Crippen LogP contribution in [-0.4, -0.2) is 23.2 Å². The summed E-state index contributed by atoms with van der Waals surface area (Å²) in [7, 11) is 1.62. The van der Waals surface area contributed by atoms with E-state index in [4.69, 9.17) is 9.26 Å². The van der Waals surface area contributed by atoms with Crippen LogP contribution in [0.25, 0.3) is 22.2 Å². The van der Waals surface area contributed by atoms with Gasteiger partial charge in [-0.3, -0.25) is 4.79 Å². The number of thiophene rings is 1. The minimum Gasteiger partial charge on any atom is -0.497 e. The smallest absolute Gasteiger partial charge is 0.261 e. The van der Waals surface area contributed by atoms with Crippen LogP contribution in [0.1, 0.15) is 15.2 Å². The normalized spacial score (nSPS) is 10.6. The second kappa shape index (κ2) is 8.06. The van der Waals surface area contributed by atoms with Gasteiger partial charge in [-0.1, -0.05) is 35.5 Å². The molecule has 0 aliphatic heterocycles. The third kappa shape index (κ3) is 3.94. The van der Waals surface area contributed by atoms with Crippen molar-refractivity contribution < 1.29 is 14.1 Å². The van der Waals surface area contributed by atoms with Gasteiger partial charge in [0.1, 0.15) is 5.75 Å². The van der Waals surface area contributed by atoms with Gasteiger partial charge in [0.2, 0.25) is 5.82 Å². The summed E-state index contributed by atoms with van der Waals surface area (Å²) >= 11 is 1.32. The maximum atomic E-state index is 12.4. The van der Waals surface area contributed by atoms with Gasteiger partial charge < -0.3 is 14.6 Å². The molecule has 1 amide bonds. The van der Waals surface area contributed by atoms with Gasteiger partial charge in [-0.2, -0.15) is 4.98 Å². The number of ether oxygens (including phenoxy) is 1. The van der Waals surface area contributed by atoms with Crippen LogP contribution in [0.3, 0.4) is 0 Å². The predicted octanol–water partition coefficient (Wildman–Crippen LogP) is 4.40. The Hall–Kier alpha value is -3.45. The highest BCUT2D eigenvalue weighted by Gasteiger charge is 2.15. The maximum absolute atomic E-state index is 12.4. The van der Waals surface area contributed by atoms with Gasteiger partial charge in [-0.05, 0) is 42.0 Å². The molecule has 0 aliphatic carbocycles. The summed E-state index contributed by atoms with van der Waals surface area (Å²) in [4.78, 5) is 18.2. The molecule has 6 nitrogen and oxygen atoms in total. The fourth-order valence-corrected chi connectivity index (χ4v) is 3.50. The summed E-state index contributed by atoms with van der Waals surface area (Å²) in [6.45, 7) is 0.420. The summed E-state index contributed by atoms with van der Waals surface area (Å²) < 4.78 is 10.5. The van der Waals surface area contributed by atoms with Crippen molar-refractivity contribution in [2.24, 2.45) is 0 Å². The Bertz CT molecular complexity index is 1090. The molecule has 0 aliphatic rings. The van der Waals surface area contributed by atoms with Crippen molar-refractivity contribution in [3.63, 3.8) is 0 Å². The monoisotopic (exact) mass is 391 g/mol. The number of benzene rings is 2. The molecule has 4 aromatic rings. The summed E-state index contributed by atoms with van der Waals surface area (Å²) in [5.41, 5.74) is 1.82. The zero-order valence-corrected chi connectivity index (χ0v) is 15.9. The molecular weight excluding hydrogens is 374 g/mol. The first-order chi connectivity index (χ1) is 13.7. The number of carbonyl (C=O) groups is 1. The molecule has 7 heteroatoms. The van der Waals surface area contributed by atoms with Gasteiger partial charge in [-0.15, -0.1) is 11.3 Å². The second-order valence-corrected chi connectivity index (χ2v) is 7.07. The highest BCUT2D eigenvalue weighted by atomic mass is 32.1. The number of hydrogen-bond donors (Lipinski definition) is 1. The Kier molecular flexibility index (Phi) is 5.16. The third-order valence-electron chi connectivity index (χ3n) is 4.08. The fourth-order valence-electron chi connectivity index (χ4n) is 2.65. The molecule has 2 aromatic carbocycles. The standard InChI is InChI=1S/C21H17N3O3S/c1-26-16-9-5-6-14(12-16)13-22-20(25)18-11-10-17(28-18)19-23-21(27-24-19)15-7-3-2-4-8-15/h2-12H,13H2,1H3,(H,22,25). The lowest BCUT2D eigenvalue weighted by atomic mass is 10.2. The first kappa shape index (κ1) is 17.9. The summed E-state index contributed by atoms with van der Waals surface area (Å²) in [6.07, 6.45) is 0. The quantitative estimate of drug-likeness (QED) is 0.527. The molecule has 4 rings (SSSR count). The van der Waals surface area contributed by atoms with E-state index in [1.165, 1.54) is 11.3 Å². The minimum absolute atomic E-state index is 0.147. The average molecular weight is 391 g/mol. The molecule has 0 fully saturated rings. The molecule has 28 heavy (non-hydrogen) atoms. The molecule has 140 valence electrons. The summed E-state index contributed by atoms with van der Waals surface area (Å²) in [5.74, 6) is 1.53. The van der Waals surface area contributed by atoms with Crippen molar-refractivity contribution in [2.75, 3.05) is 7.11 Å². The van der Waals surface area contributed by atoms with E-state index in [0.717, 1.165) is 21.8 Å². The first-order valence-corrected chi connectivity index (χ1v) is 9.45. The van der Waals surface area contributed by atoms with Gasteiger partial charge in [0.05, 0.1) is 16.9 Å². The topological polar surface area (TPSA) is 77.2 Å². The molecule has 0 atom stereocenters. The van der Waals surface area contributed by atoms with Crippen molar-refractivity contribution in [1.29, 1.82) is 0 Å². The van der Waals surface area contributed by atoms with Gasteiger partial charge in [0, 0.05) is 12.1 Å². The van der Waals surface area contributed by atoms with E-state index in [9.17, 15) is 4.79 Å². The number of hydrogen-bond acceptors (Lipinski definition) is 6. The van der Waals surface area contributed by atoms with E-state index in [-0.39, 0.29) is 5.91 Å². The molecular formula is C21H17N3O3S. The Morgan fingerprint density at radius 1 is 1.11 bits per heavy atom. The van der Waals surface area contributed by atoms with Crippen LogP contribution in [0, 0.1) is 0 Å². The van der Waals surface area contributed by atoms with Gasteiger partial charge in [0.25, 0.3) is 11.8 Å². The number of methoxy groups -OCH3 is 1. The SMILES string of the molecule is COc1cccc(CNC(=O)c2ccc(-c3noc(-c4ccccc4)n3)s2)c1. The van der Waals surface area contributed by atoms with Gasteiger partial charge in [-0.25, -0.2) is 0 Å². The molecule has 0 bridgehead atoms. The highest BCUT2D eigenvalue weighted by Crippen LogP contribution is 2.28. The largest absolute Gasteiger partial charge is 0.497 e. The van der Waals surface area contributed by atoms with Crippen molar-refractivity contribution in [3.05, 3.63) is 77.2 Å². The lowest BCUT2D eigenvalue weighted by Crippen LogP contribution is -2.21. The molecule has 2 heterocycles. The second-order valence-electron chi connectivity index (χ2n) is 5.99. The van der Waals surface area contributed by atoms with Crippen LogP contribution in [0.15, 0.2) is 71.3 Å². The van der Waals surface area contributed by atoms with E-state index < -0.39 is 0 Å². The zero-order valence-electron chi connectivity index (χ0n) is 15.1. The van der Waals surface area contributed by atoms with E-state index in [1.54, 1.807) is 13.2 Å². The molecule has 1 N–H and O–H groups in total. The van der Waals surface area contributed by atoms with Crippen LogP contribution in [-0.2, 0) is 6.54 Å². The number of carbonyl (C=O) groups excluding carboxylic acids is 1. The van der Waals surface area contributed by atoms with Crippen LogP contribution in [0.2, 0.25) is 0 Å². The average Bonchev–Trinajstić information content (AvgIpc) is 3.42. The molecule has 0 unspecified atom stereocenters. The van der Waals surface area contributed by atoms with E-state index in [0.29, 0.717) is 23.1 Å². The summed E-state index contributed by atoms with van der Waals surface area (Å²) in [5, 5.41) is 6.94. The Morgan fingerprint density at radius 3 is 2.79 bits per heavy atom. The molecule has 0 saturated carbocycles. The number of amides is 1. The first-order valence-electron chi connectivity index (χ1n) is 8.63. The Morgan fingerprint density at radius 2 is 1.96 bits per heavy atom.